The van der Waals surface area contributed by atoms with E-state index in [4.69, 9.17) is 4.98 Å². The summed E-state index contributed by atoms with van der Waals surface area (Å²) in [5.74, 6) is 1.34. The first-order valence-electron chi connectivity index (χ1n) is 11.5. The second-order valence-corrected chi connectivity index (χ2v) is 9.08. The number of aromatic nitrogens is 2. The van der Waals surface area contributed by atoms with Crippen LogP contribution in [0.15, 0.2) is 48.5 Å². The molecule has 5 heteroatoms. The molecule has 0 unspecified atom stereocenters. The van der Waals surface area contributed by atoms with E-state index in [0.717, 1.165) is 50.2 Å². The average molecular weight is 419 g/mol. The molecule has 1 aromatic heterocycles. The Morgan fingerprint density at radius 2 is 2.03 bits per heavy atom. The van der Waals surface area contributed by atoms with Gasteiger partial charge in [0.15, 0.2) is 0 Å². The first-order chi connectivity index (χ1) is 15.0. The summed E-state index contributed by atoms with van der Waals surface area (Å²) in [7, 11) is 0. The molecule has 5 nitrogen and oxygen atoms in total. The highest BCUT2D eigenvalue weighted by Crippen LogP contribution is 2.24. The van der Waals surface area contributed by atoms with E-state index >= 15 is 0 Å². The molecule has 164 valence electrons. The molecule has 0 aliphatic carbocycles. The standard InChI is InChI=1S/C26H34N4O/c1-19(2)30-24-12-5-4-11-23(24)28-25(30)18-29-15-7-10-22(17-29)26(31)27-14-13-21-9-6-8-20(3)16-21/h4-6,8-9,11-12,16,19,22H,7,10,13-15,17-18H2,1-3H3,(H,27,31)/t22-/m1/s1. The highest BCUT2D eigenvalue weighted by atomic mass is 16.1. The number of nitrogens with one attached hydrogen (secondary N) is 1. The molecule has 4 rings (SSSR count). The molecule has 2 heterocycles. The molecular weight excluding hydrogens is 384 g/mol. The molecule has 2 aromatic carbocycles. The Balaban J connectivity index is 1.36. The number of benzene rings is 2. The van der Waals surface area contributed by atoms with Gasteiger partial charge in [-0.1, -0.05) is 42.0 Å². The fraction of sp³-hybridized carbons (Fsp3) is 0.462. The number of piperidine rings is 1. The van der Waals surface area contributed by atoms with Gasteiger partial charge >= 0.3 is 0 Å². The van der Waals surface area contributed by atoms with Gasteiger partial charge in [-0.2, -0.15) is 0 Å². The van der Waals surface area contributed by atoms with E-state index in [9.17, 15) is 4.79 Å². The van der Waals surface area contributed by atoms with Gasteiger partial charge in [0.1, 0.15) is 5.82 Å². The zero-order valence-electron chi connectivity index (χ0n) is 19.0. The van der Waals surface area contributed by atoms with E-state index < -0.39 is 0 Å². The molecule has 1 aliphatic rings. The smallest absolute Gasteiger partial charge is 0.224 e. The highest BCUT2D eigenvalue weighted by molar-refractivity contribution is 5.79. The number of carbonyl (C=O) groups is 1. The predicted octanol–water partition coefficient (Wildman–Crippen LogP) is 4.50. The van der Waals surface area contributed by atoms with Crippen molar-refractivity contribution in [2.75, 3.05) is 19.6 Å². The van der Waals surface area contributed by atoms with Gasteiger partial charge in [0.05, 0.1) is 23.5 Å². The van der Waals surface area contributed by atoms with Crippen molar-refractivity contribution < 1.29 is 4.79 Å². The second-order valence-electron chi connectivity index (χ2n) is 9.08. The number of para-hydroxylation sites is 2. The molecule has 1 fully saturated rings. The molecule has 1 N–H and O–H groups in total. The summed E-state index contributed by atoms with van der Waals surface area (Å²) in [5, 5.41) is 3.17. The van der Waals surface area contributed by atoms with Crippen molar-refractivity contribution in [1.29, 1.82) is 0 Å². The van der Waals surface area contributed by atoms with Crippen molar-refractivity contribution >= 4 is 16.9 Å². The largest absolute Gasteiger partial charge is 0.355 e. The van der Waals surface area contributed by atoms with Gasteiger partial charge in [0.2, 0.25) is 5.91 Å². The minimum atomic E-state index is 0.0585. The molecule has 0 bridgehead atoms. The van der Waals surface area contributed by atoms with Crippen LogP contribution in [0.2, 0.25) is 0 Å². The summed E-state index contributed by atoms with van der Waals surface area (Å²) >= 11 is 0. The quantitative estimate of drug-likeness (QED) is 0.615. The van der Waals surface area contributed by atoms with Gasteiger partial charge in [-0.15, -0.1) is 0 Å². The Morgan fingerprint density at radius 3 is 2.84 bits per heavy atom. The molecule has 1 aliphatic heterocycles. The summed E-state index contributed by atoms with van der Waals surface area (Å²) < 4.78 is 2.33. The Hall–Kier alpha value is -2.66. The van der Waals surface area contributed by atoms with Crippen LogP contribution in [0.3, 0.4) is 0 Å². The molecule has 1 amide bonds. The summed E-state index contributed by atoms with van der Waals surface area (Å²) in [6, 6.07) is 17.2. The summed E-state index contributed by atoms with van der Waals surface area (Å²) in [5.41, 5.74) is 4.78. The lowest BCUT2D eigenvalue weighted by Crippen LogP contribution is -2.43. The number of aryl methyl sites for hydroxylation is 1. The minimum absolute atomic E-state index is 0.0585. The fourth-order valence-electron chi connectivity index (χ4n) is 4.74. The lowest BCUT2D eigenvalue weighted by atomic mass is 9.97. The third kappa shape index (κ3) is 5.16. The van der Waals surface area contributed by atoms with Crippen LogP contribution in [0.4, 0.5) is 0 Å². The van der Waals surface area contributed by atoms with Crippen molar-refractivity contribution in [1.82, 2.24) is 19.8 Å². The summed E-state index contributed by atoms with van der Waals surface area (Å²) in [4.78, 5) is 20.1. The van der Waals surface area contributed by atoms with Crippen molar-refractivity contribution in [2.24, 2.45) is 5.92 Å². The maximum Gasteiger partial charge on any atom is 0.224 e. The maximum atomic E-state index is 12.8. The number of hydrogen-bond donors (Lipinski definition) is 1. The van der Waals surface area contributed by atoms with E-state index in [1.807, 2.05) is 6.07 Å². The molecule has 1 saturated heterocycles. The monoisotopic (exact) mass is 418 g/mol. The van der Waals surface area contributed by atoms with Crippen molar-refractivity contribution in [3.63, 3.8) is 0 Å². The number of hydrogen-bond acceptors (Lipinski definition) is 3. The summed E-state index contributed by atoms with van der Waals surface area (Å²) in [6.07, 6.45) is 2.90. The van der Waals surface area contributed by atoms with Gasteiger partial charge in [-0.3, -0.25) is 9.69 Å². The van der Waals surface area contributed by atoms with Crippen molar-refractivity contribution in [3.05, 3.63) is 65.5 Å². The van der Waals surface area contributed by atoms with Gasteiger partial charge in [-0.05, 0) is 64.3 Å². The van der Waals surface area contributed by atoms with Gasteiger partial charge in [0.25, 0.3) is 0 Å². The van der Waals surface area contributed by atoms with E-state index in [1.165, 1.54) is 16.6 Å². The van der Waals surface area contributed by atoms with E-state index in [1.54, 1.807) is 0 Å². The topological polar surface area (TPSA) is 50.2 Å². The highest BCUT2D eigenvalue weighted by Gasteiger charge is 2.27. The van der Waals surface area contributed by atoms with Gasteiger partial charge in [-0.25, -0.2) is 4.98 Å². The Labute approximate surface area is 185 Å². The molecule has 31 heavy (non-hydrogen) atoms. The normalized spacial score (nSPS) is 17.4. The number of rotatable bonds is 7. The first kappa shape index (κ1) is 21.6. The average Bonchev–Trinajstić information content (AvgIpc) is 3.12. The van der Waals surface area contributed by atoms with E-state index in [0.29, 0.717) is 12.6 Å². The zero-order chi connectivity index (χ0) is 21.8. The van der Waals surface area contributed by atoms with Crippen LogP contribution < -0.4 is 5.32 Å². The van der Waals surface area contributed by atoms with Crippen molar-refractivity contribution in [2.45, 2.75) is 52.6 Å². The fourth-order valence-corrected chi connectivity index (χ4v) is 4.74. The van der Waals surface area contributed by atoms with Crippen LogP contribution in [0.25, 0.3) is 11.0 Å². The number of imidazole rings is 1. The zero-order valence-corrected chi connectivity index (χ0v) is 19.0. The lowest BCUT2D eigenvalue weighted by Gasteiger charge is -2.32. The van der Waals surface area contributed by atoms with Crippen LogP contribution in [-0.2, 0) is 17.8 Å². The van der Waals surface area contributed by atoms with Crippen LogP contribution in [0.5, 0.6) is 0 Å². The number of nitrogens with zero attached hydrogens (tertiary/aromatic N) is 3. The van der Waals surface area contributed by atoms with E-state index in [2.05, 4.69) is 78.0 Å². The van der Waals surface area contributed by atoms with Crippen LogP contribution >= 0.6 is 0 Å². The van der Waals surface area contributed by atoms with Crippen molar-refractivity contribution in [3.8, 4) is 0 Å². The Morgan fingerprint density at radius 1 is 1.19 bits per heavy atom. The predicted molar refractivity (Wildman–Crippen MR) is 126 cm³/mol. The van der Waals surface area contributed by atoms with E-state index in [-0.39, 0.29) is 11.8 Å². The second kappa shape index (κ2) is 9.65. The molecule has 3 aromatic rings. The third-order valence-corrected chi connectivity index (χ3v) is 6.22. The number of amides is 1. The number of likely N-dealkylation sites (tertiary alicyclic amines) is 1. The minimum Gasteiger partial charge on any atom is -0.355 e. The maximum absolute atomic E-state index is 12.8. The van der Waals surface area contributed by atoms with Crippen LogP contribution in [0.1, 0.15) is 49.7 Å². The third-order valence-electron chi connectivity index (χ3n) is 6.22. The number of carbonyl (C=O) groups excluding carboxylic acids is 1. The molecular formula is C26H34N4O. The Bertz CT molecular complexity index is 1040. The molecule has 0 radical (unpaired) electrons. The molecule has 0 spiro atoms. The summed E-state index contributed by atoms with van der Waals surface area (Å²) in [6.45, 7) is 9.83. The Kier molecular flexibility index (Phi) is 6.71. The van der Waals surface area contributed by atoms with Gasteiger partial charge < -0.3 is 9.88 Å². The van der Waals surface area contributed by atoms with Crippen LogP contribution in [-0.4, -0.2) is 40.0 Å². The molecule has 1 atom stereocenters. The van der Waals surface area contributed by atoms with Gasteiger partial charge in [0, 0.05) is 19.1 Å². The SMILES string of the molecule is Cc1cccc(CCNC(=O)[C@@H]2CCCN(Cc3nc4ccccc4n3C(C)C)C2)c1. The first-order valence-corrected chi connectivity index (χ1v) is 11.5. The number of fused-ring (bicyclic) bond motifs is 1. The lowest BCUT2D eigenvalue weighted by molar-refractivity contribution is -0.126. The molecule has 0 saturated carbocycles. The van der Waals surface area contributed by atoms with Crippen LogP contribution in [0, 0.1) is 12.8 Å².